The van der Waals surface area contributed by atoms with E-state index in [9.17, 15) is 0 Å². The Hall–Kier alpha value is -1.00. The molecule has 4 heteroatoms. The summed E-state index contributed by atoms with van der Waals surface area (Å²) in [5.74, 6) is 0. The first kappa shape index (κ1) is 13.4. The molecule has 3 N–H and O–H groups in total. The van der Waals surface area contributed by atoms with E-state index in [-0.39, 0.29) is 0 Å². The molecule has 1 aromatic heterocycles. The third-order valence-corrected chi connectivity index (χ3v) is 4.73. The maximum Gasteiger partial charge on any atom is 0.0576 e. The predicted molar refractivity (Wildman–Crippen MR) is 84.5 cm³/mol. The van der Waals surface area contributed by atoms with Gasteiger partial charge in [0.2, 0.25) is 0 Å². The fourth-order valence-electron chi connectivity index (χ4n) is 1.80. The summed E-state index contributed by atoms with van der Waals surface area (Å²) in [7, 11) is 0. The number of rotatable bonds is 4. The van der Waals surface area contributed by atoms with Crippen LogP contribution in [0.2, 0.25) is 0 Å². The Labute approximate surface area is 120 Å². The second-order valence-electron chi connectivity index (χ2n) is 4.43. The predicted octanol–water partition coefficient (Wildman–Crippen LogP) is 4.36. The molecular formula is C14H17BrN2S. The molecule has 0 saturated heterocycles. The molecule has 18 heavy (non-hydrogen) atoms. The minimum atomic E-state index is 0.825. The van der Waals surface area contributed by atoms with E-state index < -0.39 is 0 Å². The van der Waals surface area contributed by atoms with Gasteiger partial charge in [0.1, 0.15) is 0 Å². The molecule has 2 nitrogen and oxygen atoms in total. The number of hydrogen-bond acceptors (Lipinski definition) is 3. The Morgan fingerprint density at radius 3 is 2.61 bits per heavy atom. The Morgan fingerprint density at radius 1 is 1.22 bits per heavy atom. The molecular weight excluding hydrogens is 308 g/mol. The molecule has 0 bridgehead atoms. The number of benzene rings is 1. The van der Waals surface area contributed by atoms with Crippen molar-refractivity contribution in [2.45, 2.75) is 20.3 Å². The lowest BCUT2D eigenvalue weighted by Crippen LogP contribution is -2.06. The number of nitrogens with one attached hydrogen (secondary N) is 1. The number of anilines is 2. The highest BCUT2D eigenvalue weighted by molar-refractivity contribution is 9.10. The quantitative estimate of drug-likeness (QED) is 0.820. The van der Waals surface area contributed by atoms with Crippen LogP contribution in [0.3, 0.4) is 0 Å². The van der Waals surface area contributed by atoms with Gasteiger partial charge in [-0.25, -0.2) is 0 Å². The van der Waals surface area contributed by atoms with E-state index in [1.54, 1.807) is 11.3 Å². The van der Waals surface area contributed by atoms with Gasteiger partial charge in [-0.1, -0.05) is 0 Å². The van der Waals surface area contributed by atoms with E-state index in [1.165, 1.54) is 16.0 Å². The number of thiophene rings is 1. The lowest BCUT2D eigenvalue weighted by atomic mass is 10.1. The highest BCUT2D eigenvalue weighted by Crippen LogP contribution is 2.24. The zero-order valence-corrected chi connectivity index (χ0v) is 13.0. The minimum Gasteiger partial charge on any atom is -0.397 e. The maximum absolute atomic E-state index is 6.01. The maximum atomic E-state index is 6.01. The SMILES string of the molecule is Cc1cc(N)c(NCCc2cc(Br)cs2)cc1C. The van der Waals surface area contributed by atoms with E-state index in [4.69, 9.17) is 5.73 Å². The van der Waals surface area contributed by atoms with Crippen LogP contribution in [0.25, 0.3) is 0 Å². The third-order valence-electron chi connectivity index (χ3n) is 2.97. The van der Waals surface area contributed by atoms with Crippen molar-refractivity contribution in [3.05, 3.63) is 44.1 Å². The second-order valence-corrected chi connectivity index (χ2v) is 6.34. The Bertz CT molecular complexity index is 549. The van der Waals surface area contributed by atoms with Gasteiger partial charge in [0.25, 0.3) is 0 Å². The molecule has 0 unspecified atom stereocenters. The van der Waals surface area contributed by atoms with Crippen LogP contribution in [-0.2, 0) is 6.42 Å². The monoisotopic (exact) mass is 324 g/mol. The molecule has 0 aliphatic heterocycles. The van der Waals surface area contributed by atoms with Crippen molar-refractivity contribution >= 4 is 38.6 Å². The van der Waals surface area contributed by atoms with Gasteiger partial charge in [-0.05, 0) is 65.5 Å². The molecule has 0 aliphatic rings. The van der Waals surface area contributed by atoms with E-state index >= 15 is 0 Å². The van der Waals surface area contributed by atoms with Gasteiger partial charge in [-0.3, -0.25) is 0 Å². The summed E-state index contributed by atoms with van der Waals surface area (Å²) >= 11 is 5.24. The molecule has 0 aliphatic carbocycles. The van der Waals surface area contributed by atoms with Crippen LogP contribution in [0.1, 0.15) is 16.0 Å². The molecule has 0 amide bonds. The summed E-state index contributed by atoms with van der Waals surface area (Å²) in [4.78, 5) is 1.37. The first-order valence-corrected chi connectivity index (χ1v) is 7.57. The van der Waals surface area contributed by atoms with Crippen molar-refractivity contribution in [2.75, 3.05) is 17.6 Å². The fourth-order valence-corrected chi connectivity index (χ4v) is 3.25. The summed E-state index contributed by atoms with van der Waals surface area (Å²) in [6.07, 6.45) is 1.02. The van der Waals surface area contributed by atoms with E-state index in [0.29, 0.717) is 0 Å². The first-order valence-electron chi connectivity index (χ1n) is 5.90. The Balaban J connectivity index is 1.96. The molecule has 1 aromatic carbocycles. The molecule has 96 valence electrons. The normalized spacial score (nSPS) is 10.6. The number of aryl methyl sites for hydroxylation is 2. The second kappa shape index (κ2) is 5.76. The molecule has 2 rings (SSSR count). The van der Waals surface area contributed by atoms with Crippen molar-refractivity contribution in [1.29, 1.82) is 0 Å². The van der Waals surface area contributed by atoms with Crippen molar-refractivity contribution in [2.24, 2.45) is 0 Å². The molecule has 0 atom stereocenters. The summed E-state index contributed by atoms with van der Waals surface area (Å²) in [6.45, 7) is 5.09. The topological polar surface area (TPSA) is 38.0 Å². The van der Waals surface area contributed by atoms with Crippen LogP contribution >= 0.6 is 27.3 Å². The molecule has 0 spiro atoms. The van der Waals surface area contributed by atoms with Crippen LogP contribution in [0.4, 0.5) is 11.4 Å². The lowest BCUT2D eigenvalue weighted by molar-refractivity contribution is 1.04. The van der Waals surface area contributed by atoms with Crippen molar-refractivity contribution < 1.29 is 0 Å². The van der Waals surface area contributed by atoms with Crippen LogP contribution in [-0.4, -0.2) is 6.54 Å². The van der Waals surface area contributed by atoms with Crippen LogP contribution in [0, 0.1) is 13.8 Å². The fraction of sp³-hybridized carbons (Fsp3) is 0.286. The third kappa shape index (κ3) is 3.27. The van der Waals surface area contributed by atoms with Gasteiger partial charge in [-0.2, -0.15) is 0 Å². The Morgan fingerprint density at radius 2 is 1.94 bits per heavy atom. The molecule has 1 heterocycles. The molecule has 0 radical (unpaired) electrons. The van der Waals surface area contributed by atoms with Gasteiger partial charge < -0.3 is 11.1 Å². The van der Waals surface area contributed by atoms with E-state index in [1.807, 2.05) is 6.07 Å². The van der Waals surface area contributed by atoms with Gasteiger partial charge in [0, 0.05) is 21.3 Å². The summed E-state index contributed by atoms with van der Waals surface area (Å²) in [5, 5.41) is 5.52. The average Bonchev–Trinajstić information content (AvgIpc) is 2.71. The molecule has 0 fully saturated rings. The Kier molecular flexibility index (Phi) is 4.30. The van der Waals surface area contributed by atoms with Gasteiger partial charge in [-0.15, -0.1) is 11.3 Å². The first-order chi connectivity index (χ1) is 8.56. The van der Waals surface area contributed by atoms with Crippen LogP contribution in [0.5, 0.6) is 0 Å². The minimum absolute atomic E-state index is 0.825. The van der Waals surface area contributed by atoms with E-state index in [2.05, 4.69) is 52.6 Å². The average molecular weight is 325 g/mol. The largest absolute Gasteiger partial charge is 0.397 e. The highest BCUT2D eigenvalue weighted by Gasteiger charge is 2.03. The number of halogens is 1. The zero-order chi connectivity index (χ0) is 13.1. The summed E-state index contributed by atoms with van der Waals surface area (Å²) in [5.41, 5.74) is 10.4. The van der Waals surface area contributed by atoms with Crippen LogP contribution < -0.4 is 11.1 Å². The standard InChI is InChI=1S/C14H17BrN2S/c1-9-5-13(16)14(6-10(9)2)17-4-3-12-7-11(15)8-18-12/h5-8,17H,3-4,16H2,1-2H3. The molecule has 2 aromatic rings. The van der Waals surface area contributed by atoms with Gasteiger partial charge in [0.15, 0.2) is 0 Å². The van der Waals surface area contributed by atoms with Gasteiger partial charge in [0.05, 0.1) is 11.4 Å². The lowest BCUT2D eigenvalue weighted by Gasteiger charge is -2.11. The summed E-state index contributed by atoms with van der Waals surface area (Å²) < 4.78 is 1.16. The zero-order valence-electron chi connectivity index (χ0n) is 10.6. The number of nitrogen functional groups attached to an aromatic ring is 1. The molecule has 0 saturated carbocycles. The van der Waals surface area contributed by atoms with Crippen molar-refractivity contribution in [3.63, 3.8) is 0 Å². The highest BCUT2D eigenvalue weighted by atomic mass is 79.9. The van der Waals surface area contributed by atoms with Crippen molar-refractivity contribution in [1.82, 2.24) is 0 Å². The van der Waals surface area contributed by atoms with Crippen LogP contribution in [0.15, 0.2) is 28.1 Å². The van der Waals surface area contributed by atoms with E-state index in [0.717, 1.165) is 28.8 Å². The number of nitrogens with two attached hydrogens (primary N) is 1. The van der Waals surface area contributed by atoms with Gasteiger partial charge >= 0.3 is 0 Å². The smallest absolute Gasteiger partial charge is 0.0576 e. The van der Waals surface area contributed by atoms with Crippen molar-refractivity contribution in [3.8, 4) is 0 Å². The number of hydrogen-bond donors (Lipinski definition) is 2. The summed E-state index contributed by atoms with van der Waals surface area (Å²) in [6, 6.07) is 6.31.